The molecule has 4 heteroatoms. The fourth-order valence-corrected chi connectivity index (χ4v) is 3.80. The van der Waals surface area contributed by atoms with Gasteiger partial charge in [0.25, 0.3) is 0 Å². The van der Waals surface area contributed by atoms with E-state index in [0.29, 0.717) is 6.54 Å². The van der Waals surface area contributed by atoms with Crippen LogP contribution in [-0.2, 0) is 9.53 Å². The van der Waals surface area contributed by atoms with Crippen LogP contribution in [-0.4, -0.2) is 26.7 Å². The molecule has 1 atom stereocenters. The van der Waals surface area contributed by atoms with Crippen LogP contribution in [0.3, 0.4) is 0 Å². The van der Waals surface area contributed by atoms with Gasteiger partial charge in [0, 0.05) is 25.1 Å². The van der Waals surface area contributed by atoms with Crippen LogP contribution in [0.2, 0.25) is 0 Å². The van der Waals surface area contributed by atoms with E-state index in [1.165, 1.54) is 32.1 Å². The smallest absolute Gasteiger partial charge is 0.223 e. The van der Waals surface area contributed by atoms with Gasteiger partial charge in [-0.05, 0) is 37.7 Å². The van der Waals surface area contributed by atoms with Crippen molar-refractivity contribution in [3.05, 3.63) is 29.8 Å². The highest BCUT2D eigenvalue weighted by atomic mass is 16.5. The molecule has 0 heterocycles. The summed E-state index contributed by atoms with van der Waals surface area (Å²) in [4.78, 5) is 12.5. The third-order valence-electron chi connectivity index (χ3n) is 5.42. The Morgan fingerprint density at radius 1 is 1.20 bits per heavy atom. The molecule has 25 heavy (non-hydrogen) atoms. The molecular weight excluding hydrogens is 314 g/mol. The van der Waals surface area contributed by atoms with Gasteiger partial charge in [0.15, 0.2) is 0 Å². The van der Waals surface area contributed by atoms with Gasteiger partial charge in [-0.3, -0.25) is 4.79 Å². The van der Waals surface area contributed by atoms with E-state index in [2.05, 4.69) is 12.2 Å². The number of rotatable bonds is 9. The molecule has 2 rings (SSSR count). The van der Waals surface area contributed by atoms with Crippen molar-refractivity contribution in [1.82, 2.24) is 5.32 Å². The molecule has 0 bridgehead atoms. The molecule has 0 aromatic heterocycles. The lowest BCUT2D eigenvalue weighted by Crippen LogP contribution is -2.36. The van der Waals surface area contributed by atoms with Crippen LogP contribution in [0.15, 0.2) is 24.3 Å². The number of nitrogens with one attached hydrogen (secondary N) is 1. The van der Waals surface area contributed by atoms with Gasteiger partial charge >= 0.3 is 0 Å². The van der Waals surface area contributed by atoms with Gasteiger partial charge in [-0.25, -0.2) is 0 Å². The zero-order chi connectivity index (χ0) is 18.1. The quantitative estimate of drug-likeness (QED) is 0.716. The Hall–Kier alpha value is -1.55. The van der Waals surface area contributed by atoms with Gasteiger partial charge in [0.2, 0.25) is 5.91 Å². The zero-order valence-electron chi connectivity index (χ0n) is 15.9. The summed E-state index contributed by atoms with van der Waals surface area (Å²) in [6.07, 6.45) is 8.14. The first-order chi connectivity index (χ1) is 12.2. The van der Waals surface area contributed by atoms with Gasteiger partial charge in [-0.15, -0.1) is 0 Å². The number of carbonyl (C=O) groups excluding carboxylic acids is 1. The Kier molecular flexibility index (Phi) is 8.26. The highest BCUT2D eigenvalue weighted by molar-refractivity contribution is 5.78. The summed E-state index contributed by atoms with van der Waals surface area (Å²) in [6.45, 7) is 2.72. The van der Waals surface area contributed by atoms with Crippen molar-refractivity contribution in [2.45, 2.75) is 58.0 Å². The Balaban J connectivity index is 1.82. The second kappa shape index (κ2) is 10.4. The van der Waals surface area contributed by atoms with Crippen molar-refractivity contribution in [3.63, 3.8) is 0 Å². The topological polar surface area (TPSA) is 47.6 Å². The van der Waals surface area contributed by atoms with Crippen molar-refractivity contribution in [3.8, 4) is 5.75 Å². The van der Waals surface area contributed by atoms with E-state index in [1.807, 2.05) is 24.3 Å². The molecule has 140 valence electrons. The average Bonchev–Trinajstić information content (AvgIpc) is 2.67. The summed E-state index contributed by atoms with van der Waals surface area (Å²) in [5, 5.41) is 3.09. The molecule has 0 spiro atoms. The van der Waals surface area contributed by atoms with Crippen LogP contribution < -0.4 is 10.1 Å². The van der Waals surface area contributed by atoms with Gasteiger partial charge in [-0.1, -0.05) is 44.4 Å². The SMILES string of the molecule is CCCCC1CCC(C(=O)NCC(OC)c2ccccc2OC)CC1. The van der Waals surface area contributed by atoms with Crippen LogP contribution in [0.5, 0.6) is 5.75 Å². The number of carbonyl (C=O) groups is 1. The lowest BCUT2D eigenvalue weighted by atomic mass is 9.79. The molecule has 1 fully saturated rings. The van der Waals surface area contributed by atoms with Crippen molar-refractivity contribution >= 4 is 5.91 Å². The molecule has 0 saturated heterocycles. The minimum absolute atomic E-state index is 0.160. The molecule has 1 aromatic carbocycles. The van der Waals surface area contributed by atoms with E-state index in [-0.39, 0.29) is 17.9 Å². The highest BCUT2D eigenvalue weighted by Crippen LogP contribution is 2.32. The van der Waals surface area contributed by atoms with Crippen molar-refractivity contribution in [1.29, 1.82) is 0 Å². The summed E-state index contributed by atoms with van der Waals surface area (Å²) >= 11 is 0. The first-order valence-electron chi connectivity index (χ1n) is 9.63. The molecule has 0 aliphatic heterocycles. The largest absolute Gasteiger partial charge is 0.496 e. The van der Waals surface area contributed by atoms with Gasteiger partial charge in [0.1, 0.15) is 11.9 Å². The predicted octanol–water partition coefficient (Wildman–Crippen LogP) is 4.50. The molecule has 1 amide bonds. The van der Waals surface area contributed by atoms with E-state index < -0.39 is 0 Å². The molecule has 1 aliphatic carbocycles. The summed E-state index contributed by atoms with van der Waals surface area (Å²) in [7, 11) is 3.32. The van der Waals surface area contributed by atoms with Gasteiger partial charge in [-0.2, -0.15) is 0 Å². The minimum Gasteiger partial charge on any atom is -0.496 e. The van der Waals surface area contributed by atoms with Gasteiger partial charge < -0.3 is 14.8 Å². The third kappa shape index (κ3) is 5.74. The maximum Gasteiger partial charge on any atom is 0.223 e. The summed E-state index contributed by atoms with van der Waals surface area (Å²) in [6, 6.07) is 7.80. The number of benzene rings is 1. The monoisotopic (exact) mass is 347 g/mol. The van der Waals surface area contributed by atoms with Crippen LogP contribution >= 0.6 is 0 Å². The van der Waals surface area contributed by atoms with Gasteiger partial charge in [0.05, 0.1) is 7.11 Å². The highest BCUT2D eigenvalue weighted by Gasteiger charge is 2.26. The minimum atomic E-state index is -0.194. The Bertz CT molecular complexity index is 524. The normalized spacial score (nSPS) is 21.6. The number of para-hydroxylation sites is 1. The lowest BCUT2D eigenvalue weighted by Gasteiger charge is -2.28. The van der Waals surface area contributed by atoms with Crippen LogP contribution in [0.4, 0.5) is 0 Å². The summed E-state index contributed by atoms with van der Waals surface area (Å²) in [5.74, 6) is 1.95. The number of methoxy groups -OCH3 is 2. The third-order valence-corrected chi connectivity index (χ3v) is 5.42. The van der Waals surface area contributed by atoms with Crippen molar-refractivity contribution < 1.29 is 14.3 Å². The Morgan fingerprint density at radius 3 is 2.56 bits per heavy atom. The van der Waals surface area contributed by atoms with Crippen molar-refractivity contribution in [2.75, 3.05) is 20.8 Å². The fraction of sp³-hybridized carbons (Fsp3) is 0.667. The average molecular weight is 347 g/mol. The second-order valence-corrected chi connectivity index (χ2v) is 7.07. The number of unbranched alkanes of at least 4 members (excludes halogenated alkanes) is 1. The summed E-state index contributed by atoms with van der Waals surface area (Å²) < 4.78 is 11.0. The van der Waals surface area contributed by atoms with Crippen LogP contribution in [0, 0.1) is 11.8 Å². The maximum absolute atomic E-state index is 12.5. The standard InChI is InChI=1S/C21H33NO3/c1-4-5-8-16-11-13-17(14-12-16)21(23)22-15-20(25-3)18-9-6-7-10-19(18)24-2/h6-7,9-10,16-17,20H,4-5,8,11-15H2,1-3H3,(H,22,23). The molecule has 4 nitrogen and oxygen atoms in total. The first kappa shape index (κ1) is 19.8. The van der Waals surface area contributed by atoms with E-state index in [1.54, 1.807) is 14.2 Å². The first-order valence-corrected chi connectivity index (χ1v) is 9.63. The van der Waals surface area contributed by atoms with E-state index in [4.69, 9.17) is 9.47 Å². The summed E-state index contributed by atoms with van der Waals surface area (Å²) in [5.41, 5.74) is 0.969. The molecule has 1 unspecified atom stereocenters. The zero-order valence-corrected chi connectivity index (χ0v) is 15.9. The number of amides is 1. The number of ether oxygens (including phenoxy) is 2. The second-order valence-electron chi connectivity index (χ2n) is 7.07. The molecule has 1 aromatic rings. The van der Waals surface area contributed by atoms with E-state index in [9.17, 15) is 4.79 Å². The van der Waals surface area contributed by atoms with E-state index in [0.717, 1.165) is 30.1 Å². The molecule has 1 saturated carbocycles. The molecule has 1 N–H and O–H groups in total. The predicted molar refractivity (Wildman–Crippen MR) is 101 cm³/mol. The number of hydrogen-bond acceptors (Lipinski definition) is 3. The van der Waals surface area contributed by atoms with E-state index >= 15 is 0 Å². The number of hydrogen-bond donors (Lipinski definition) is 1. The van der Waals surface area contributed by atoms with Crippen molar-refractivity contribution in [2.24, 2.45) is 11.8 Å². The fourth-order valence-electron chi connectivity index (χ4n) is 3.80. The molecule has 0 radical (unpaired) electrons. The molecular formula is C21H33NO3. The molecule has 1 aliphatic rings. The Morgan fingerprint density at radius 2 is 1.92 bits per heavy atom. The van der Waals surface area contributed by atoms with Crippen LogP contribution in [0.25, 0.3) is 0 Å². The van der Waals surface area contributed by atoms with Crippen LogP contribution in [0.1, 0.15) is 63.5 Å². The maximum atomic E-state index is 12.5. The Labute approximate surface area is 152 Å². The lowest BCUT2D eigenvalue weighted by molar-refractivity contribution is -0.126.